The van der Waals surface area contributed by atoms with Crippen LogP contribution in [0.25, 0.3) is 55.6 Å². The van der Waals surface area contributed by atoms with Gasteiger partial charge in [0.05, 0.1) is 5.58 Å². The quantitative estimate of drug-likeness (QED) is 0.164. The smallest absolute Gasteiger partial charge is 0.121 e. The first-order chi connectivity index (χ1) is 21.8. The predicted octanol–water partition coefficient (Wildman–Crippen LogP) is 10.3. The Kier molecular flexibility index (Phi) is 9.36. The predicted molar refractivity (Wildman–Crippen MR) is 179 cm³/mol. The summed E-state index contributed by atoms with van der Waals surface area (Å²) < 4.78 is 6.09. The topological polar surface area (TPSA) is 38.9 Å². The molecule has 0 unspecified atom stereocenters. The monoisotopic (exact) mass is 757 g/mol. The number of fused-ring (bicyclic) bond motifs is 3. The molecular formula is C41H28IrN2O-2. The number of rotatable bonds is 5. The van der Waals surface area contributed by atoms with E-state index in [4.69, 9.17) is 4.42 Å². The summed E-state index contributed by atoms with van der Waals surface area (Å²) in [6, 6.07) is 55.8. The van der Waals surface area contributed by atoms with Crippen LogP contribution in [0.3, 0.4) is 0 Å². The fourth-order valence-corrected chi connectivity index (χ4v) is 5.32. The second-order valence-electron chi connectivity index (χ2n) is 10.5. The Labute approximate surface area is 276 Å². The number of benzene rings is 5. The van der Waals surface area contributed by atoms with Crippen molar-refractivity contribution in [1.82, 2.24) is 9.97 Å². The van der Waals surface area contributed by atoms with E-state index < -0.39 is 0 Å². The summed E-state index contributed by atoms with van der Waals surface area (Å²) in [5.41, 5.74) is 10.5. The van der Waals surface area contributed by atoms with Crippen LogP contribution in [0.4, 0.5) is 0 Å². The van der Waals surface area contributed by atoms with Gasteiger partial charge in [-0.05, 0) is 64.3 Å². The van der Waals surface area contributed by atoms with Crippen molar-refractivity contribution < 1.29 is 24.5 Å². The third-order valence-electron chi connectivity index (χ3n) is 7.51. The van der Waals surface area contributed by atoms with E-state index in [9.17, 15) is 0 Å². The zero-order chi connectivity index (χ0) is 29.6. The zero-order valence-corrected chi connectivity index (χ0v) is 26.7. The Morgan fingerprint density at radius 1 is 0.511 bits per heavy atom. The molecule has 3 aromatic heterocycles. The number of nitrogens with zero attached hydrogens (tertiary/aromatic N) is 2. The van der Waals surface area contributed by atoms with E-state index in [-0.39, 0.29) is 20.1 Å². The van der Waals surface area contributed by atoms with Gasteiger partial charge in [-0.2, -0.15) is 0 Å². The van der Waals surface area contributed by atoms with Crippen LogP contribution in [0.2, 0.25) is 0 Å². The summed E-state index contributed by atoms with van der Waals surface area (Å²) in [5.74, 6) is 0. The maximum absolute atomic E-state index is 6.09. The molecule has 0 N–H and O–H groups in total. The van der Waals surface area contributed by atoms with Crippen LogP contribution in [0.5, 0.6) is 0 Å². The molecular weight excluding hydrogens is 729 g/mol. The van der Waals surface area contributed by atoms with Gasteiger partial charge in [0.2, 0.25) is 0 Å². The molecule has 3 nitrogen and oxygen atoms in total. The molecule has 5 aromatic carbocycles. The van der Waals surface area contributed by atoms with E-state index in [0.29, 0.717) is 0 Å². The van der Waals surface area contributed by atoms with Gasteiger partial charge < -0.3 is 14.4 Å². The van der Waals surface area contributed by atoms with Crippen LogP contribution in [-0.2, 0) is 26.5 Å². The third-order valence-corrected chi connectivity index (χ3v) is 7.51. The molecule has 1 radical (unpaired) electrons. The molecule has 219 valence electrons. The normalized spacial score (nSPS) is 10.6. The van der Waals surface area contributed by atoms with Crippen molar-refractivity contribution >= 4 is 21.9 Å². The number of furan rings is 1. The molecule has 8 rings (SSSR count). The zero-order valence-electron chi connectivity index (χ0n) is 24.4. The number of hydrogen-bond donors (Lipinski definition) is 0. The van der Waals surface area contributed by atoms with Crippen molar-refractivity contribution in [3.8, 4) is 33.6 Å². The van der Waals surface area contributed by atoms with Crippen molar-refractivity contribution in [2.75, 3.05) is 0 Å². The number of pyridine rings is 2. The Bertz CT molecular complexity index is 2090. The minimum atomic E-state index is 0. The Hall–Kier alpha value is -5.15. The van der Waals surface area contributed by atoms with Gasteiger partial charge in [-0.3, -0.25) is 0 Å². The minimum Gasteiger partial charge on any atom is -0.500 e. The molecule has 45 heavy (non-hydrogen) atoms. The Balaban J connectivity index is 0.000000231. The summed E-state index contributed by atoms with van der Waals surface area (Å²) in [5, 5.41) is 2.19. The van der Waals surface area contributed by atoms with Crippen molar-refractivity contribution in [1.29, 1.82) is 0 Å². The van der Waals surface area contributed by atoms with Gasteiger partial charge in [-0.15, -0.1) is 59.7 Å². The molecule has 0 bridgehead atoms. The summed E-state index contributed by atoms with van der Waals surface area (Å²) >= 11 is 0. The van der Waals surface area contributed by atoms with E-state index in [1.807, 2.05) is 66.9 Å². The summed E-state index contributed by atoms with van der Waals surface area (Å²) in [6.45, 7) is 0. The number of hydrogen-bond acceptors (Lipinski definition) is 3. The van der Waals surface area contributed by atoms with E-state index in [1.54, 1.807) is 6.20 Å². The fraction of sp³-hybridized carbons (Fsp3) is 0.0244. The average Bonchev–Trinajstić information content (AvgIpc) is 3.48. The number of aromatic nitrogens is 2. The van der Waals surface area contributed by atoms with Crippen LogP contribution >= 0.6 is 0 Å². The summed E-state index contributed by atoms with van der Waals surface area (Å²) in [4.78, 5) is 8.84. The molecule has 0 saturated carbocycles. The molecule has 0 amide bonds. The van der Waals surface area contributed by atoms with E-state index in [2.05, 4.69) is 107 Å². The van der Waals surface area contributed by atoms with E-state index in [0.717, 1.165) is 50.9 Å². The van der Waals surface area contributed by atoms with Crippen LogP contribution in [-0.4, -0.2) is 9.97 Å². The second kappa shape index (κ2) is 14.1. The van der Waals surface area contributed by atoms with Crippen molar-refractivity contribution in [2.45, 2.75) is 6.42 Å². The fourth-order valence-electron chi connectivity index (χ4n) is 5.32. The molecule has 0 aliphatic rings. The Morgan fingerprint density at radius 3 is 2.04 bits per heavy atom. The average molecular weight is 757 g/mol. The molecule has 0 saturated heterocycles. The van der Waals surface area contributed by atoms with Gasteiger partial charge in [0.15, 0.2) is 0 Å². The molecule has 8 aromatic rings. The van der Waals surface area contributed by atoms with Crippen LogP contribution in [0, 0.1) is 12.1 Å². The van der Waals surface area contributed by atoms with Gasteiger partial charge in [0, 0.05) is 37.9 Å². The van der Waals surface area contributed by atoms with Crippen molar-refractivity contribution in [3.63, 3.8) is 0 Å². The standard InChI is InChI=1S/C30H20NO.C11H8N.Ir/c1-3-7-21(8-4-1)17-22-15-16-31-28(18-22)25-12-14-30-27(20-25)26-19-24(11-13-29(26)32-30)23-9-5-2-6-10-23;1-2-6-10(7-3-1)11-8-4-5-9-12-11;/h1-11,13-16,18-20H,17H2;1-6,8-9H;/q2*-1;. The largest absolute Gasteiger partial charge is 0.500 e. The van der Waals surface area contributed by atoms with Gasteiger partial charge in [-0.1, -0.05) is 90.3 Å². The first kappa shape index (κ1) is 29.9. The van der Waals surface area contributed by atoms with E-state index in [1.165, 1.54) is 22.3 Å². The van der Waals surface area contributed by atoms with Gasteiger partial charge in [-0.25, -0.2) is 0 Å². The van der Waals surface area contributed by atoms with Crippen LogP contribution in [0.1, 0.15) is 11.1 Å². The third kappa shape index (κ3) is 6.99. The van der Waals surface area contributed by atoms with Crippen molar-refractivity contribution in [3.05, 3.63) is 181 Å². The molecule has 0 atom stereocenters. The maximum atomic E-state index is 6.09. The van der Waals surface area contributed by atoms with Gasteiger partial charge in [0.1, 0.15) is 5.58 Å². The van der Waals surface area contributed by atoms with Gasteiger partial charge in [0.25, 0.3) is 0 Å². The molecule has 0 aliphatic carbocycles. The SMILES string of the molecule is [Ir].[c-]1cc2oc3ccc(-c4ccccc4)cc3c2cc1-c1cc(Cc2ccccc2)ccn1.[c-]1ccccc1-c1ccccn1. The Morgan fingerprint density at radius 2 is 1.27 bits per heavy atom. The second-order valence-corrected chi connectivity index (χ2v) is 10.5. The first-order valence-electron chi connectivity index (χ1n) is 14.6. The maximum Gasteiger partial charge on any atom is 0.121 e. The molecule has 4 heteroatoms. The van der Waals surface area contributed by atoms with Gasteiger partial charge >= 0.3 is 0 Å². The summed E-state index contributed by atoms with van der Waals surface area (Å²) in [7, 11) is 0. The first-order valence-corrected chi connectivity index (χ1v) is 14.6. The van der Waals surface area contributed by atoms with E-state index >= 15 is 0 Å². The minimum absolute atomic E-state index is 0. The van der Waals surface area contributed by atoms with Crippen molar-refractivity contribution in [2.24, 2.45) is 0 Å². The molecule has 0 spiro atoms. The van der Waals surface area contributed by atoms with Crippen LogP contribution in [0.15, 0.2) is 162 Å². The molecule has 0 aliphatic heterocycles. The van der Waals surface area contributed by atoms with Crippen LogP contribution < -0.4 is 0 Å². The molecule has 0 fully saturated rings. The molecule has 3 heterocycles. The summed E-state index contributed by atoms with van der Waals surface area (Å²) in [6.07, 6.45) is 4.55.